The van der Waals surface area contributed by atoms with Crippen molar-refractivity contribution in [1.29, 1.82) is 0 Å². The van der Waals surface area contributed by atoms with E-state index in [0.29, 0.717) is 0 Å². The first-order chi connectivity index (χ1) is 18.4. The van der Waals surface area contributed by atoms with Crippen molar-refractivity contribution < 1.29 is 40.3 Å². The second-order valence-electron chi connectivity index (χ2n) is 8.40. The summed E-state index contributed by atoms with van der Waals surface area (Å²) < 4.78 is 77.6. The lowest BCUT2D eigenvalue weighted by molar-refractivity contribution is 0.0980. The molecule has 0 fully saturated rings. The van der Waals surface area contributed by atoms with E-state index in [4.69, 9.17) is 10.5 Å². The van der Waals surface area contributed by atoms with E-state index in [0.717, 1.165) is 12.1 Å². The van der Waals surface area contributed by atoms with E-state index in [2.05, 4.69) is 5.32 Å². The van der Waals surface area contributed by atoms with Crippen molar-refractivity contribution in [2.45, 2.75) is 9.79 Å². The van der Waals surface area contributed by atoms with Crippen LogP contribution in [0.4, 0.5) is 17.1 Å². The summed E-state index contributed by atoms with van der Waals surface area (Å²) in [5.74, 6) is -1.50. The minimum atomic E-state index is -5.22. The fourth-order valence-corrected chi connectivity index (χ4v) is 5.50. The number of nitrogen functional groups attached to an aromatic ring is 1. The van der Waals surface area contributed by atoms with Crippen molar-refractivity contribution in [3.63, 3.8) is 0 Å². The van der Waals surface area contributed by atoms with Crippen molar-refractivity contribution in [1.82, 2.24) is 0 Å². The van der Waals surface area contributed by atoms with Crippen molar-refractivity contribution >= 4 is 48.9 Å². The zero-order valence-electron chi connectivity index (χ0n) is 19.6. The molecule has 11 nitrogen and oxygen atoms in total. The molecular formula is C26H16N2O9S2-2. The van der Waals surface area contributed by atoms with Gasteiger partial charge in [0.25, 0.3) is 0 Å². The number of anilines is 3. The largest absolute Gasteiger partial charge is 0.744 e. The summed E-state index contributed by atoms with van der Waals surface area (Å²) in [4.78, 5) is 25.0. The molecule has 0 unspecified atom stereocenters. The summed E-state index contributed by atoms with van der Waals surface area (Å²) in [6.07, 6.45) is 0. The van der Waals surface area contributed by atoms with Gasteiger partial charge in [0.15, 0.2) is 11.6 Å². The van der Waals surface area contributed by atoms with E-state index >= 15 is 0 Å². The molecule has 0 aromatic heterocycles. The molecule has 0 saturated carbocycles. The number of rotatable bonds is 6. The maximum absolute atomic E-state index is 13.4. The second kappa shape index (κ2) is 9.32. The van der Waals surface area contributed by atoms with Gasteiger partial charge < -0.3 is 24.9 Å². The minimum Gasteiger partial charge on any atom is -0.744 e. The molecule has 4 aromatic carbocycles. The number of hydrogen-bond acceptors (Lipinski definition) is 11. The highest BCUT2D eigenvalue weighted by Crippen LogP contribution is 2.41. The van der Waals surface area contributed by atoms with Gasteiger partial charge in [0, 0.05) is 16.8 Å². The van der Waals surface area contributed by atoms with E-state index in [1.807, 2.05) is 0 Å². The lowest BCUT2D eigenvalue weighted by atomic mass is 9.82. The molecule has 0 heterocycles. The van der Waals surface area contributed by atoms with Gasteiger partial charge in [-0.15, -0.1) is 0 Å². The van der Waals surface area contributed by atoms with Crippen molar-refractivity contribution in [2.24, 2.45) is 0 Å². The molecule has 0 aliphatic heterocycles. The van der Waals surface area contributed by atoms with Crippen LogP contribution in [0, 0.1) is 0 Å². The van der Waals surface area contributed by atoms with Gasteiger partial charge in [-0.1, -0.05) is 42.5 Å². The number of carbonyl (C=O) groups excluding carboxylic acids is 2. The summed E-state index contributed by atoms with van der Waals surface area (Å²) in [5, 5.41) is 2.67. The molecule has 0 radical (unpaired) electrons. The molecule has 3 N–H and O–H groups in total. The number of fused-ring (bicyclic) bond motifs is 2. The monoisotopic (exact) mass is 564 g/mol. The van der Waals surface area contributed by atoms with Crippen molar-refractivity contribution in [2.75, 3.05) is 11.1 Å². The van der Waals surface area contributed by atoms with Crippen LogP contribution in [0.5, 0.6) is 11.5 Å². The fourth-order valence-electron chi connectivity index (χ4n) is 4.24. The van der Waals surface area contributed by atoms with Gasteiger partial charge in [0.05, 0.1) is 32.3 Å². The Labute approximate surface area is 222 Å². The highest BCUT2D eigenvalue weighted by Gasteiger charge is 2.35. The Balaban J connectivity index is 1.68. The van der Waals surface area contributed by atoms with E-state index in [1.165, 1.54) is 36.4 Å². The lowest BCUT2D eigenvalue weighted by Gasteiger charge is -2.25. The summed E-state index contributed by atoms with van der Waals surface area (Å²) >= 11 is 0. The van der Waals surface area contributed by atoms with Crippen LogP contribution in [0.15, 0.2) is 88.7 Å². The number of hydrogen-bond donors (Lipinski definition) is 2. The van der Waals surface area contributed by atoms with Gasteiger partial charge in [-0.2, -0.15) is 0 Å². The molecule has 0 spiro atoms. The van der Waals surface area contributed by atoms with Gasteiger partial charge in [0.2, 0.25) is 0 Å². The number of ether oxygens (including phenoxy) is 1. The van der Waals surface area contributed by atoms with Gasteiger partial charge in [-0.3, -0.25) is 9.59 Å². The van der Waals surface area contributed by atoms with Crippen LogP contribution < -0.4 is 15.8 Å². The van der Waals surface area contributed by atoms with E-state index in [9.17, 15) is 35.5 Å². The van der Waals surface area contributed by atoms with Crippen LogP contribution >= 0.6 is 0 Å². The lowest BCUT2D eigenvalue weighted by Crippen LogP contribution is -2.25. The van der Waals surface area contributed by atoms with Crippen molar-refractivity contribution in [3.8, 4) is 11.5 Å². The Bertz CT molecular complexity index is 1900. The highest BCUT2D eigenvalue weighted by molar-refractivity contribution is 7.86. The standard InChI is InChI=1S/C26H18N2O9S2/c27-24-21(39(34,35)36)13-18(22-23(24)26(30)17-9-5-4-8-16(17)25(22)29)28-14-10-11-19(20(12-14)38(31,32)33)37-15-6-2-1-3-7-15/h1-13,28H,27H2,(H,31,32,33)(H,34,35,36)/p-2. The molecule has 5 rings (SSSR count). The average molecular weight is 565 g/mol. The fraction of sp³-hybridized carbons (Fsp3) is 0. The highest BCUT2D eigenvalue weighted by atomic mass is 32.2. The second-order valence-corrected chi connectivity index (χ2v) is 11.1. The average Bonchev–Trinajstić information content (AvgIpc) is 2.88. The third-order valence-electron chi connectivity index (χ3n) is 5.93. The summed E-state index contributed by atoms with van der Waals surface area (Å²) in [6.45, 7) is 0. The van der Waals surface area contributed by atoms with Gasteiger partial charge >= 0.3 is 0 Å². The van der Waals surface area contributed by atoms with Gasteiger partial charge in [-0.25, -0.2) is 16.8 Å². The number of benzene rings is 4. The van der Waals surface area contributed by atoms with Gasteiger partial charge in [0.1, 0.15) is 31.7 Å². The Morgan fingerprint density at radius 1 is 0.692 bits per heavy atom. The van der Waals surface area contributed by atoms with E-state index in [-0.39, 0.29) is 39.6 Å². The smallest absolute Gasteiger partial charge is 0.196 e. The maximum atomic E-state index is 13.4. The first-order valence-corrected chi connectivity index (χ1v) is 13.9. The minimum absolute atomic E-state index is 0.0182. The third-order valence-corrected chi connectivity index (χ3v) is 7.67. The molecule has 0 saturated heterocycles. The van der Waals surface area contributed by atoms with Crippen LogP contribution in [0.2, 0.25) is 0 Å². The number of carbonyl (C=O) groups is 2. The molecule has 198 valence electrons. The molecule has 0 atom stereocenters. The summed E-state index contributed by atoms with van der Waals surface area (Å²) in [5.41, 5.74) is 4.01. The number of para-hydroxylation sites is 1. The molecule has 1 aliphatic carbocycles. The number of nitrogens with one attached hydrogen (secondary N) is 1. The molecule has 0 amide bonds. The predicted octanol–water partition coefficient (Wildman–Crippen LogP) is 3.39. The van der Waals surface area contributed by atoms with Crippen molar-refractivity contribution in [3.05, 3.63) is 101 Å². The first-order valence-electron chi connectivity index (χ1n) is 11.1. The Hall–Kier alpha value is -4.56. The van der Waals surface area contributed by atoms with Crippen LogP contribution in [-0.2, 0) is 20.2 Å². The summed E-state index contributed by atoms with van der Waals surface area (Å²) in [6, 6.07) is 18.0. The topological polar surface area (TPSA) is 196 Å². The third kappa shape index (κ3) is 4.75. The van der Waals surface area contributed by atoms with Crippen LogP contribution in [0.3, 0.4) is 0 Å². The zero-order chi connectivity index (χ0) is 28.1. The molecule has 39 heavy (non-hydrogen) atoms. The Morgan fingerprint density at radius 2 is 1.26 bits per heavy atom. The quantitative estimate of drug-likeness (QED) is 0.226. The van der Waals surface area contributed by atoms with Crippen LogP contribution in [0.25, 0.3) is 0 Å². The Kier molecular flexibility index (Phi) is 6.23. The van der Waals surface area contributed by atoms with Crippen LogP contribution in [0.1, 0.15) is 31.8 Å². The molecule has 13 heteroatoms. The summed E-state index contributed by atoms with van der Waals surface area (Å²) in [7, 11) is -10.3. The number of nitrogens with two attached hydrogens (primary N) is 1. The molecular weight excluding hydrogens is 548 g/mol. The zero-order valence-corrected chi connectivity index (χ0v) is 21.2. The maximum Gasteiger partial charge on any atom is 0.196 e. The molecule has 0 bridgehead atoms. The van der Waals surface area contributed by atoms with Gasteiger partial charge in [-0.05, 0) is 36.4 Å². The van der Waals surface area contributed by atoms with E-state index in [1.54, 1.807) is 30.3 Å². The SMILES string of the molecule is Nc1c(S(=O)(=O)[O-])cc(Nc2ccc(Oc3ccccc3)c(S(=O)(=O)[O-])c2)c2c1C(=O)c1ccccc1C2=O. The van der Waals surface area contributed by atoms with Crippen LogP contribution in [-0.4, -0.2) is 37.5 Å². The van der Waals surface area contributed by atoms with E-state index < -0.39 is 52.8 Å². The molecule has 1 aliphatic rings. The Morgan fingerprint density at radius 3 is 1.85 bits per heavy atom. The first kappa shape index (κ1) is 26.1. The predicted molar refractivity (Wildman–Crippen MR) is 136 cm³/mol. The normalized spacial score (nSPS) is 13.0. The molecule has 4 aromatic rings. The number of ketones is 2.